The molecule has 0 amide bonds. The third-order valence-corrected chi connectivity index (χ3v) is 2.99. The van der Waals surface area contributed by atoms with E-state index in [-0.39, 0.29) is 11.6 Å². The van der Waals surface area contributed by atoms with Crippen molar-refractivity contribution in [2.45, 2.75) is 40.0 Å². The molecule has 0 fully saturated rings. The molecule has 88 valence electrons. The smallest absolute Gasteiger partial charge is 0.163 e. The first kappa shape index (κ1) is 12.9. The molecule has 0 heterocycles. The van der Waals surface area contributed by atoms with Crippen molar-refractivity contribution in [3.05, 3.63) is 35.1 Å². The molecule has 1 aromatic carbocycles. The lowest BCUT2D eigenvalue weighted by Crippen LogP contribution is -2.08. The average Bonchev–Trinajstić information content (AvgIpc) is 2.24. The second-order valence-corrected chi connectivity index (χ2v) is 4.33. The summed E-state index contributed by atoms with van der Waals surface area (Å²) in [6.45, 7) is 5.97. The van der Waals surface area contributed by atoms with Crippen LogP contribution in [0.15, 0.2) is 18.2 Å². The van der Waals surface area contributed by atoms with Crippen molar-refractivity contribution in [3.63, 3.8) is 0 Å². The van der Waals surface area contributed by atoms with Gasteiger partial charge in [0.05, 0.1) is 0 Å². The van der Waals surface area contributed by atoms with Crippen molar-refractivity contribution in [2.75, 3.05) is 0 Å². The zero-order valence-electron chi connectivity index (χ0n) is 10.2. The van der Waals surface area contributed by atoms with Crippen LogP contribution in [0.1, 0.15) is 49.0 Å². The van der Waals surface area contributed by atoms with Gasteiger partial charge in [-0.15, -0.1) is 0 Å². The van der Waals surface area contributed by atoms with Gasteiger partial charge >= 0.3 is 0 Å². The van der Waals surface area contributed by atoms with Crippen LogP contribution >= 0.6 is 0 Å². The number of hydrogen-bond donors (Lipinski definition) is 0. The summed E-state index contributed by atoms with van der Waals surface area (Å²) in [5.41, 5.74) is 1.30. The molecule has 0 aromatic heterocycles. The van der Waals surface area contributed by atoms with Crippen molar-refractivity contribution in [2.24, 2.45) is 5.92 Å². The predicted octanol–water partition coefficient (Wildman–Crippen LogP) is 4.14. The fourth-order valence-electron chi connectivity index (χ4n) is 1.85. The fraction of sp³-hybridized carbons (Fsp3) is 0.500. The van der Waals surface area contributed by atoms with E-state index in [0.29, 0.717) is 17.9 Å². The number of halogens is 1. The van der Waals surface area contributed by atoms with Crippen LogP contribution in [0.2, 0.25) is 0 Å². The van der Waals surface area contributed by atoms with Gasteiger partial charge < -0.3 is 0 Å². The zero-order valence-corrected chi connectivity index (χ0v) is 10.2. The molecule has 0 radical (unpaired) electrons. The Bertz CT molecular complexity index is 347. The third-order valence-electron chi connectivity index (χ3n) is 2.99. The Labute approximate surface area is 96.7 Å². The van der Waals surface area contributed by atoms with Gasteiger partial charge in [-0.2, -0.15) is 0 Å². The fourth-order valence-corrected chi connectivity index (χ4v) is 1.85. The van der Waals surface area contributed by atoms with Crippen LogP contribution in [0.4, 0.5) is 4.39 Å². The molecule has 0 aliphatic rings. The summed E-state index contributed by atoms with van der Waals surface area (Å²) in [5, 5.41) is 0. The minimum Gasteiger partial charge on any atom is -0.294 e. The molecule has 0 saturated carbocycles. The number of ketones is 1. The first-order valence-corrected chi connectivity index (χ1v) is 5.87. The van der Waals surface area contributed by atoms with Gasteiger partial charge in [-0.3, -0.25) is 4.79 Å². The molecule has 1 nitrogen and oxygen atoms in total. The standard InChI is InChI=1S/C14H19FO/c1-4-11(5-2)8-14(16)12-6-10(3)7-13(15)9-12/h6-7,9,11H,4-5,8H2,1-3H3. The van der Waals surface area contributed by atoms with E-state index in [9.17, 15) is 9.18 Å². The van der Waals surface area contributed by atoms with Crippen LogP contribution in [-0.4, -0.2) is 5.78 Å². The summed E-state index contributed by atoms with van der Waals surface area (Å²) in [4.78, 5) is 11.9. The van der Waals surface area contributed by atoms with Gasteiger partial charge in [0.1, 0.15) is 5.82 Å². The van der Waals surface area contributed by atoms with Crippen molar-refractivity contribution >= 4 is 5.78 Å². The zero-order chi connectivity index (χ0) is 12.1. The quantitative estimate of drug-likeness (QED) is 0.684. The van der Waals surface area contributed by atoms with Crippen LogP contribution in [-0.2, 0) is 0 Å². The molecule has 2 heteroatoms. The van der Waals surface area contributed by atoms with E-state index < -0.39 is 0 Å². The maximum Gasteiger partial charge on any atom is 0.163 e. The summed E-state index contributed by atoms with van der Waals surface area (Å²) >= 11 is 0. The lowest BCUT2D eigenvalue weighted by atomic mass is 9.93. The highest BCUT2D eigenvalue weighted by molar-refractivity contribution is 5.96. The highest BCUT2D eigenvalue weighted by Crippen LogP contribution is 2.17. The van der Waals surface area contributed by atoms with Crippen LogP contribution in [0, 0.1) is 18.7 Å². The highest BCUT2D eigenvalue weighted by Gasteiger charge is 2.13. The maximum absolute atomic E-state index is 13.1. The van der Waals surface area contributed by atoms with Crippen molar-refractivity contribution in [1.29, 1.82) is 0 Å². The molecule has 0 atom stereocenters. The third kappa shape index (κ3) is 3.44. The molecule has 1 rings (SSSR count). The van der Waals surface area contributed by atoms with E-state index in [2.05, 4.69) is 13.8 Å². The highest BCUT2D eigenvalue weighted by atomic mass is 19.1. The van der Waals surface area contributed by atoms with E-state index >= 15 is 0 Å². The molecule has 1 aromatic rings. The molecule has 0 aliphatic heterocycles. The van der Waals surface area contributed by atoms with Crippen LogP contribution in [0.25, 0.3) is 0 Å². The molecular weight excluding hydrogens is 203 g/mol. The minimum absolute atomic E-state index is 0.0521. The average molecular weight is 222 g/mol. The first-order chi connectivity index (χ1) is 7.56. The Morgan fingerprint density at radius 2 is 1.88 bits per heavy atom. The second kappa shape index (κ2) is 5.78. The molecule has 16 heavy (non-hydrogen) atoms. The number of Topliss-reactive ketones (excluding diaryl/α,β-unsaturated/α-hetero) is 1. The number of carbonyl (C=O) groups is 1. The lowest BCUT2D eigenvalue weighted by Gasteiger charge is -2.11. The summed E-state index contributed by atoms with van der Waals surface area (Å²) in [5.74, 6) is 0.139. The Morgan fingerprint density at radius 1 is 1.25 bits per heavy atom. The first-order valence-electron chi connectivity index (χ1n) is 5.87. The monoisotopic (exact) mass is 222 g/mol. The molecule has 0 aliphatic carbocycles. The topological polar surface area (TPSA) is 17.1 Å². The molecule has 0 spiro atoms. The van der Waals surface area contributed by atoms with Crippen molar-refractivity contribution < 1.29 is 9.18 Å². The van der Waals surface area contributed by atoms with Crippen LogP contribution < -0.4 is 0 Å². The molecule has 0 bridgehead atoms. The Kier molecular flexibility index (Phi) is 4.66. The van der Waals surface area contributed by atoms with Gasteiger partial charge in [0, 0.05) is 12.0 Å². The van der Waals surface area contributed by atoms with Gasteiger partial charge in [0.2, 0.25) is 0 Å². The Hall–Kier alpha value is -1.18. The summed E-state index contributed by atoms with van der Waals surface area (Å²) in [7, 11) is 0. The van der Waals surface area contributed by atoms with Gasteiger partial charge in [0.25, 0.3) is 0 Å². The molecule has 0 saturated heterocycles. The van der Waals surface area contributed by atoms with E-state index in [0.717, 1.165) is 18.4 Å². The van der Waals surface area contributed by atoms with Crippen molar-refractivity contribution in [1.82, 2.24) is 0 Å². The minimum atomic E-state index is -0.326. The maximum atomic E-state index is 13.1. The number of hydrogen-bond acceptors (Lipinski definition) is 1. The number of benzene rings is 1. The van der Waals surface area contributed by atoms with Crippen LogP contribution in [0.5, 0.6) is 0 Å². The van der Waals surface area contributed by atoms with E-state index in [4.69, 9.17) is 0 Å². The van der Waals surface area contributed by atoms with Crippen LogP contribution in [0.3, 0.4) is 0 Å². The largest absolute Gasteiger partial charge is 0.294 e. The summed E-state index contributed by atoms with van der Waals surface area (Å²) in [6, 6.07) is 4.53. The van der Waals surface area contributed by atoms with E-state index in [1.54, 1.807) is 13.0 Å². The second-order valence-electron chi connectivity index (χ2n) is 4.33. The molecular formula is C14H19FO. The van der Waals surface area contributed by atoms with Gasteiger partial charge in [-0.25, -0.2) is 4.39 Å². The van der Waals surface area contributed by atoms with Gasteiger partial charge in [-0.1, -0.05) is 26.7 Å². The summed E-state index contributed by atoms with van der Waals surface area (Å²) < 4.78 is 13.1. The summed E-state index contributed by atoms with van der Waals surface area (Å²) in [6.07, 6.45) is 2.52. The lowest BCUT2D eigenvalue weighted by molar-refractivity contribution is 0.0958. The molecule has 0 N–H and O–H groups in total. The van der Waals surface area contributed by atoms with E-state index in [1.165, 1.54) is 12.1 Å². The van der Waals surface area contributed by atoms with Gasteiger partial charge in [-0.05, 0) is 36.6 Å². The number of aryl methyl sites for hydroxylation is 1. The normalized spacial score (nSPS) is 10.8. The van der Waals surface area contributed by atoms with Crippen molar-refractivity contribution in [3.8, 4) is 0 Å². The Balaban J connectivity index is 2.80. The SMILES string of the molecule is CCC(CC)CC(=O)c1cc(C)cc(F)c1. The number of rotatable bonds is 5. The number of carbonyl (C=O) groups excluding carboxylic acids is 1. The predicted molar refractivity (Wildman–Crippen MR) is 64.2 cm³/mol. The molecule has 0 unspecified atom stereocenters. The van der Waals surface area contributed by atoms with Gasteiger partial charge in [0.15, 0.2) is 5.78 Å². The van der Waals surface area contributed by atoms with E-state index in [1.807, 2.05) is 0 Å². The Morgan fingerprint density at radius 3 is 2.38 bits per heavy atom.